The second-order valence-corrected chi connectivity index (χ2v) is 7.62. The van der Waals surface area contributed by atoms with Crippen LogP contribution in [0.1, 0.15) is 25.3 Å². The predicted octanol–water partition coefficient (Wildman–Crippen LogP) is 2.45. The molecule has 5 nitrogen and oxygen atoms in total. The van der Waals surface area contributed by atoms with Crippen molar-refractivity contribution in [2.75, 3.05) is 45.2 Å². The SMILES string of the molecule is CC1(c2cccc(OCCCN3CCOCC3)c2)CCSC(N)=N1. The Kier molecular flexibility index (Phi) is 6.03. The first-order valence-corrected chi connectivity index (χ1v) is 9.66. The molecule has 1 unspecified atom stereocenters. The largest absolute Gasteiger partial charge is 0.494 e. The monoisotopic (exact) mass is 349 g/mol. The van der Waals surface area contributed by atoms with E-state index >= 15 is 0 Å². The molecule has 0 spiro atoms. The van der Waals surface area contributed by atoms with E-state index in [1.54, 1.807) is 11.8 Å². The van der Waals surface area contributed by atoms with E-state index in [-0.39, 0.29) is 5.54 Å². The lowest BCUT2D eigenvalue weighted by molar-refractivity contribution is 0.0358. The Morgan fingerprint density at radius 1 is 1.38 bits per heavy atom. The highest BCUT2D eigenvalue weighted by molar-refractivity contribution is 8.13. The van der Waals surface area contributed by atoms with E-state index in [1.165, 1.54) is 5.56 Å². The molecule has 0 amide bonds. The second kappa shape index (κ2) is 8.23. The molecule has 1 fully saturated rings. The highest BCUT2D eigenvalue weighted by Crippen LogP contribution is 2.36. The summed E-state index contributed by atoms with van der Waals surface area (Å²) < 4.78 is 11.3. The summed E-state index contributed by atoms with van der Waals surface area (Å²) in [5.41, 5.74) is 6.87. The Morgan fingerprint density at radius 2 is 2.21 bits per heavy atom. The first-order chi connectivity index (χ1) is 11.7. The highest BCUT2D eigenvalue weighted by atomic mass is 32.2. The van der Waals surface area contributed by atoms with Crippen LogP contribution in [0.15, 0.2) is 29.3 Å². The quantitative estimate of drug-likeness (QED) is 0.800. The van der Waals surface area contributed by atoms with Crippen LogP contribution in [0, 0.1) is 0 Å². The van der Waals surface area contributed by atoms with E-state index in [0.717, 1.165) is 63.8 Å². The molecule has 0 aromatic heterocycles. The number of benzene rings is 1. The van der Waals surface area contributed by atoms with Gasteiger partial charge in [-0.1, -0.05) is 23.9 Å². The number of amidine groups is 1. The molecule has 0 aliphatic carbocycles. The lowest BCUT2D eigenvalue weighted by Crippen LogP contribution is -2.37. The van der Waals surface area contributed by atoms with Crippen molar-refractivity contribution in [1.29, 1.82) is 0 Å². The summed E-state index contributed by atoms with van der Waals surface area (Å²) in [6, 6.07) is 8.30. The topological polar surface area (TPSA) is 60.1 Å². The van der Waals surface area contributed by atoms with Crippen molar-refractivity contribution in [3.05, 3.63) is 29.8 Å². The number of ether oxygens (including phenoxy) is 2. The maximum Gasteiger partial charge on any atom is 0.154 e. The van der Waals surface area contributed by atoms with Gasteiger partial charge in [0.05, 0.1) is 25.4 Å². The lowest BCUT2D eigenvalue weighted by Gasteiger charge is -2.30. The van der Waals surface area contributed by atoms with Crippen LogP contribution < -0.4 is 10.5 Å². The third-order valence-corrected chi connectivity index (χ3v) is 5.44. The zero-order valence-electron chi connectivity index (χ0n) is 14.4. The van der Waals surface area contributed by atoms with Gasteiger partial charge in [0.25, 0.3) is 0 Å². The minimum Gasteiger partial charge on any atom is -0.494 e. The van der Waals surface area contributed by atoms with Crippen LogP contribution in [0.3, 0.4) is 0 Å². The summed E-state index contributed by atoms with van der Waals surface area (Å²) in [5, 5.41) is 0.681. The number of thioether (sulfide) groups is 1. The predicted molar refractivity (Wildman–Crippen MR) is 99.9 cm³/mol. The Morgan fingerprint density at radius 3 is 3.00 bits per heavy atom. The zero-order chi connectivity index (χ0) is 16.8. The van der Waals surface area contributed by atoms with E-state index in [2.05, 4.69) is 28.9 Å². The molecular weight excluding hydrogens is 322 g/mol. The third-order valence-electron chi connectivity index (χ3n) is 4.64. The minimum atomic E-state index is -0.234. The molecule has 2 aliphatic heterocycles. The van der Waals surface area contributed by atoms with Crippen LogP contribution in [-0.4, -0.2) is 55.3 Å². The first-order valence-electron chi connectivity index (χ1n) is 8.67. The van der Waals surface area contributed by atoms with Crippen molar-refractivity contribution in [2.45, 2.75) is 25.3 Å². The van der Waals surface area contributed by atoms with Crippen LogP contribution in [0.4, 0.5) is 0 Å². The van der Waals surface area contributed by atoms with Crippen LogP contribution in [-0.2, 0) is 10.3 Å². The molecule has 0 saturated carbocycles. The van der Waals surface area contributed by atoms with Gasteiger partial charge in [-0.3, -0.25) is 9.89 Å². The molecule has 24 heavy (non-hydrogen) atoms. The smallest absolute Gasteiger partial charge is 0.154 e. The van der Waals surface area contributed by atoms with Crippen LogP contribution in [0.2, 0.25) is 0 Å². The van der Waals surface area contributed by atoms with Gasteiger partial charge in [0, 0.05) is 25.4 Å². The molecule has 0 bridgehead atoms. The Bertz CT molecular complexity index is 575. The molecule has 0 radical (unpaired) electrons. The number of aliphatic imine (C=N–C) groups is 1. The number of hydrogen-bond acceptors (Lipinski definition) is 6. The first kappa shape index (κ1) is 17.6. The van der Waals surface area contributed by atoms with E-state index in [9.17, 15) is 0 Å². The molecule has 2 heterocycles. The molecule has 132 valence electrons. The van der Waals surface area contributed by atoms with Gasteiger partial charge in [-0.15, -0.1) is 0 Å². The zero-order valence-corrected chi connectivity index (χ0v) is 15.2. The van der Waals surface area contributed by atoms with Gasteiger partial charge >= 0.3 is 0 Å². The van der Waals surface area contributed by atoms with Crippen LogP contribution in [0.5, 0.6) is 5.75 Å². The van der Waals surface area contributed by atoms with Crippen LogP contribution in [0.25, 0.3) is 0 Å². The van der Waals surface area contributed by atoms with Crippen molar-refractivity contribution in [2.24, 2.45) is 10.7 Å². The number of hydrogen-bond donors (Lipinski definition) is 1. The van der Waals surface area contributed by atoms with Gasteiger partial charge in [0.1, 0.15) is 5.75 Å². The number of nitrogens with two attached hydrogens (primary N) is 1. The molecular formula is C18H27N3O2S. The average Bonchev–Trinajstić information content (AvgIpc) is 2.60. The van der Waals surface area contributed by atoms with Crippen molar-refractivity contribution in [3.63, 3.8) is 0 Å². The molecule has 1 atom stereocenters. The van der Waals surface area contributed by atoms with Gasteiger partial charge in [0.15, 0.2) is 5.17 Å². The molecule has 2 aliphatic rings. The van der Waals surface area contributed by atoms with Gasteiger partial charge < -0.3 is 15.2 Å². The molecule has 1 aromatic carbocycles. The minimum absolute atomic E-state index is 0.234. The number of morpholine rings is 1. The van der Waals surface area contributed by atoms with Crippen molar-refractivity contribution < 1.29 is 9.47 Å². The Hall–Kier alpha value is -1.24. The third kappa shape index (κ3) is 4.65. The summed E-state index contributed by atoms with van der Waals surface area (Å²) in [6.07, 6.45) is 2.03. The average molecular weight is 350 g/mol. The van der Waals surface area contributed by atoms with E-state index in [4.69, 9.17) is 15.2 Å². The lowest BCUT2D eigenvalue weighted by atomic mass is 9.90. The second-order valence-electron chi connectivity index (χ2n) is 6.51. The Balaban J connectivity index is 1.52. The van der Waals surface area contributed by atoms with E-state index in [1.807, 2.05) is 12.1 Å². The van der Waals surface area contributed by atoms with Gasteiger partial charge in [0.2, 0.25) is 0 Å². The summed E-state index contributed by atoms with van der Waals surface area (Å²) in [5.74, 6) is 1.93. The van der Waals surface area contributed by atoms with E-state index in [0.29, 0.717) is 5.17 Å². The number of rotatable bonds is 6. The fraction of sp³-hybridized carbons (Fsp3) is 0.611. The van der Waals surface area contributed by atoms with Crippen molar-refractivity contribution >= 4 is 16.9 Å². The summed E-state index contributed by atoms with van der Waals surface area (Å²) in [6.45, 7) is 7.72. The molecule has 6 heteroatoms. The summed E-state index contributed by atoms with van der Waals surface area (Å²) in [4.78, 5) is 7.10. The van der Waals surface area contributed by atoms with Gasteiger partial charge in [-0.2, -0.15) is 0 Å². The summed E-state index contributed by atoms with van der Waals surface area (Å²) >= 11 is 1.63. The van der Waals surface area contributed by atoms with E-state index < -0.39 is 0 Å². The fourth-order valence-electron chi connectivity index (χ4n) is 3.12. The molecule has 3 rings (SSSR count). The maximum absolute atomic E-state index is 5.96. The van der Waals surface area contributed by atoms with Crippen molar-refractivity contribution in [3.8, 4) is 5.75 Å². The maximum atomic E-state index is 5.96. The molecule has 2 N–H and O–H groups in total. The summed E-state index contributed by atoms with van der Waals surface area (Å²) in [7, 11) is 0. The Labute approximate surface area is 148 Å². The molecule has 1 aromatic rings. The van der Waals surface area contributed by atoms with Gasteiger partial charge in [-0.25, -0.2) is 0 Å². The standard InChI is InChI=1S/C18H27N3O2S/c1-18(6-13-24-17(19)20-18)15-4-2-5-16(14-15)23-10-3-7-21-8-11-22-12-9-21/h2,4-5,14H,3,6-13H2,1H3,(H2,19,20). The normalized spacial score (nSPS) is 25.3. The number of nitrogens with zero attached hydrogens (tertiary/aromatic N) is 2. The van der Waals surface area contributed by atoms with Gasteiger partial charge in [-0.05, 0) is 37.5 Å². The van der Waals surface area contributed by atoms with Crippen molar-refractivity contribution in [1.82, 2.24) is 4.90 Å². The van der Waals surface area contributed by atoms with Crippen LogP contribution >= 0.6 is 11.8 Å². The highest BCUT2D eigenvalue weighted by Gasteiger charge is 2.29. The fourth-order valence-corrected chi connectivity index (χ4v) is 4.09. The molecule has 1 saturated heterocycles.